The van der Waals surface area contributed by atoms with Crippen molar-refractivity contribution in [2.24, 2.45) is 0 Å². The maximum Gasteiger partial charge on any atom is 0.272 e. The van der Waals surface area contributed by atoms with E-state index in [0.717, 1.165) is 6.07 Å². The van der Waals surface area contributed by atoms with Crippen molar-refractivity contribution in [1.82, 2.24) is 10.3 Å². The second-order valence-electron chi connectivity index (χ2n) is 3.99. The number of aromatic nitrogens is 1. The molecule has 1 N–H and O–H groups in total. The molecule has 1 aromatic carbocycles. The van der Waals surface area contributed by atoms with Crippen molar-refractivity contribution in [3.8, 4) is 11.3 Å². The number of halogens is 1. The number of nitro groups is 1. The van der Waals surface area contributed by atoms with Gasteiger partial charge in [0.15, 0.2) is 5.76 Å². The standard InChI is InChI=1S/C12H12FN3O3/c1-7(14-2)12-15-6-11(19-12)9-4-3-8(16(17)18)5-10(9)13/h3-7,14H,1-2H3. The first kappa shape index (κ1) is 13.2. The lowest BCUT2D eigenvalue weighted by molar-refractivity contribution is -0.385. The quantitative estimate of drug-likeness (QED) is 0.679. The Morgan fingerprint density at radius 1 is 1.53 bits per heavy atom. The average molecular weight is 265 g/mol. The fourth-order valence-corrected chi connectivity index (χ4v) is 1.55. The molecule has 0 saturated carbocycles. The van der Waals surface area contributed by atoms with Crippen LogP contribution in [0.1, 0.15) is 18.9 Å². The van der Waals surface area contributed by atoms with E-state index in [4.69, 9.17) is 4.42 Å². The molecule has 0 aliphatic rings. The van der Waals surface area contributed by atoms with Crippen molar-refractivity contribution in [2.75, 3.05) is 7.05 Å². The average Bonchev–Trinajstić information content (AvgIpc) is 2.87. The summed E-state index contributed by atoms with van der Waals surface area (Å²) in [7, 11) is 1.75. The van der Waals surface area contributed by atoms with Crippen molar-refractivity contribution in [3.63, 3.8) is 0 Å². The summed E-state index contributed by atoms with van der Waals surface area (Å²) in [4.78, 5) is 13.9. The first-order valence-electron chi connectivity index (χ1n) is 5.60. The van der Waals surface area contributed by atoms with Crippen LogP contribution in [-0.2, 0) is 0 Å². The minimum absolute atomic E-state index is 0.102. The first-order chi connectivity index (χ1) is 9.02. The Hall–Kier alpha value is -2.28. The van der Waals surface area contributed by atoms with Crippen LogP contribution < -0.4 is 5.32 Å². The molecule has 1 aromatic heterocycles. The number of hydrogen-bond donors (Lipinski definition) is 1. The maximum absolute atomic E-state index is 13.8. The van der Waals surface area contributed by atoms with Gasteiger partial charge in [-0.1, -0.05) is 0 Å². The molecule has 0 aliphatic heterocycles. The fraction of sp³-hybridized carbons (Fsp3) is 0.250. The van der Waals surface area contributed by atoms with Gasteiger partial charge in [0.25, 0.3) is 5.69 Å². The lowest BCUT2D eigenvalue weighted by Gasteiger charge is -2.04. The predicted molar refractivity (Wildman–Crippen MR) is 66.0 cm³/mol. The minimum Gasteiger partial charge on any atom is -0.439 e. The highest BCUT2D eigenvalue weighted by molar-refractivity contribution is 5.59. The number of non-ortho nitro benzene ring substituents is 1. The van der Waals surface area contributed by atoms with E-state index < -0.39 is 10.7 Å². The molecule has 6 nitrogen and oxygen atoms in total. The number of oxazole rings is 1. The van der Waals surface area contributed by atoms with Gasteiger partial charge in [-0.3, -0.25) is 10.1 Å². The van der Waals surface area contributed by atoms with Gasteiger partial charge in [-0.05, 0) is 20.0 Å². The summed E-state index contributed by atoms with van der Waals surface area (Å²) in [6.45, 7) is 1.85. The lowest BCUT2D eigenvalue weighted by Crippen LogP contribution is -2.12. The van der Waals surface area contributed by atoms with Gasteiger partial charge >= 0.3 is 0 Å². The van der Waals surface area contributed by atoms with Crippen molar-refractivity contribution < 1.29 is 13.7 Å². The zero-order valence-electron chi connectivity index (χ0n) is 10.4. The molecule has 1 atom stereocenters. The molecule has 1 unspecified atom stereocenters. The summed E-state index contributed by atoms with van der Waals surface area (Å²) in [5, 5.41) is 13.5. The van der Waals surface area contributed by atoms with Crippen molar-refractivity contribution >= 4 is 5.69 Å². The van der Waals surface area contributed by atoms with E-state index in [0.29, 0.717) is 5.89 Å². The van der Waals surface area contributed by atoms with E-state index in [1.807, 2.05) is 6.92 Å². The monoisotopic (exact) mass is 265 g/mol. The highest BCUT2D eigenvalue weighted by Crippen LogP contribution is 2.27. The summed E-state index contributed by atoms with van der Waals surface area (Å²) >= 11 is 0. The molecule has 7 heteroatoms. The van der Waals surface area contributed by atoms with Crippen LogP contribution in [0.3, 0.4) is 0 Å². The Labute approximate surface area is 108 Å². The lowest BCUT2D eigenvalue weighted by atomic mass is 10.1. The third-order valence-corrected chi connectivity index (χ3v) is 2.76. The highest BCUT2D eigenvalue weighted by Gasteiger charge is 2.16. The van der Waals surface area contributed by atoms with Crippen LogP contribution in [0.4, 0.5) is 10.1 Å². The molecule has 100 valence electrons. The van der Waals surface area contributed by atoms with Gasteiger partial charge < -0.3 is 9.73 Å². The number of benzene rings is 1. The molecule has 0 fully saturated rings. The third-order valence-electron chi connectivity index (χ3n) is 2.76. The van der Waals surface area contributed by atoms with Crippen molar-refractivity contribution in [3.05, 3.63) is 46.2 Å². The predicted octanol–water partition coefficient (Wildman–Crippen LogP) is 2.67. The summed E-state index contributed by atoms with van der Waals surface area (Å²) in [6.07, 6.45) is 1.40. The third kappa shape index (κ3) is 2.60. The molecule has 1 heterocycles. The Morgan fingerprint density at radius 3 is 2.84 bits per heavy atom. The Kier molecular flexibility index (Phi) is 3.57. The van der Waals surface area contributed by atoms with Crippen LogP contribution in [0.5, 0.6) is 0 Å². The van der Waals surface area contributed by atoms with Crippen LogP contribution in [0.15, 0.2) is 28.8 Å². The largest absolute Gasteiger partial charge is 0.439 e. The van der Waals surface area contributed by atoms with Crippen LogP contribution in [-0.4, -0.2) is 17.0 Å². The molecule has 0 amide bonds. The molecule has 2 aromatic rings. The number of nitro benzene ring substituents is 1. The second kappa shape index (κ2) is 5.15. The Bertz CT molecular complexity index is 612. The van der Waals surface area contributed by atoms with Gasteiger partial charge in [0.05, 0.1) is 28.8 Å². The fourth-order valence-electron chi connectivity index (χ4n) is 1.55. The first-order valence-corrected chi connectivity index (χ1v) is 5.60. The van der Waals surface area contributed by atoms with Gasteiger partial charge in [-0.15, -0.1) is 0 Å². The second-order valence-corrected chi connectivity index (χ2v) is 3.99. The summed E-state index contributed by atoms with van der Waals surface area (Å²) in [6, 6.07) is 3.29. The Balaban J connectivity index is 2.37. The molecular formula is C12H12FN3O3. The molecule has 0 bridgehead atoms. The number of hydrogen-bond acceptors (Lipinski definition) is 5. The van der Waals surface area contributed by atoms with Crippen molar-refractivity contribution in [2.45, 2.75) is 13.0 Å². The van der Waals surface area contributed by atoms with Gasteiger partial charge in [0.2, 0.25) is 5.89 Å². The number of nitrogens with one attached hydrogen (secondary N) is 1. The topological polar surface area (TPSA) is 81.2 Å². The maximum atomic E-state index is 13.8. The van der Waals surface area contributed by atoms with Gasteiger partial charge in [0, 0.05) is 6.07 Å². The summed E-state index contributed by atoms with van der Waals surface area (Å²) in [5.41, 5.74) is -0.155. The van der Waals surface area contributed by atoms with Crippen LogP contribution in [0, 0.1) is 15.9 Å². The van der Waals surface area contributed by atoms with Crippen molar-refractivity contribution in [1.29, 1.82) is 0 Å². The molecule has 0 saturated heterocycles. The van der Waals surface area contributed by atoms with Crippen LogP contribution in [0.25, 0.3) is 11.3 Å². The molecule has 0 spiro atoms. The van der Waals surface area contributed by atoms with Gasteiger partial charge in [0.1, 0.15) is 5.82 Å². The van der Waals surface area contributed by atoms with E-state index in [1.165, 1.54) is 18.3 Å². The molecule has 2 rings (SSSR count). The highest BCUT2D eigenvalue weighted by atomic mass is 19.1. The minimum atomic E-state index is -0.714. The molecule has 0 radical (unpaired) electrons. The summed E-state index contributed by atoms with van der Waals surface area (Å²) < 4.78 is 19.2. The summed E-state index contributed by atoms with van der Waals surface area (Å²) in [5.74, 6) is -0.0474. The molecular weight excluding hydrogens is 253 g/mol. The molecule has 19 heavy (non-hydrogen) atoms. The van der Waals surface area contributed by atoms with E-state index in [1.54, 1.807) is 7.05 Å². The molecule has 0 aliphatic carbocycles. The Morgan fingerprint density at radius 2 is 2.26 bits per heavy atom. The van der Waals surface area contributed by atoms with Crippen LogP contribution >= 0.6 is 0 Å². The van der Waals surface area contributed by atoms with E-state index in [2.05, 4.69) is 10.3 Å². The van der Waals surface area contributed by atoms with E-state index in [9.17, 15) is 14.5 Å². The number of rotatable bonds is 4. The van der Waals surface area contributed by atoms with E-state index >= 15 is 0 Å². The smallest absolute Gasteiger partial charge is 0.272 e. The van der Waals surface area contributed by atoms with Gasteiger partial charge in [-0.25, -0.2) is 9.37 Å². The normalized spacial score (nSPS) is 12.4. The van der Waals surface area contributed by atoms with Crippen LogP contribution in [0.2, 0.25) is 0 Å². The SMILES string of the molecule is CNC(C)c1ncc(-c2ccc([N+](=O)[O-])cc2F)o1. The number of nitrogens with zero attached hydrogens (tertiary/aromatic N) is 2. The zero-order valence-corrected chi connectivity index (χ0v) is 10.4. The zero-order chi connectivity index (χ0) is 14.0. The van der Waals surface area contributed by atoms with Gasteiger partial charge in [-0.2, -0.15) is 0 Å². The van der Waals surface area contributed by atoms with E-state index in [-0.39, 0.29) is 23.1 Å².